The zero-order valence-corrected chi connectivity index (χ0v) is 14.6. The van der Waals surface area contributed by atoms with Gasteiger partial charge >= 0.3 is 6.18 Å². The summed E-state index contributed by atoms with van der Waals surface area (Å²) in [5.74, 6) is 1.05. The third kappa shape index (κ3) is 2.60. The second kappa shape index (κ2) is 5.63. The highest BCUT2D eigenvalue weighted by molar-refractivity contribution is 7.99. The molecule has 0 aliphatic carbocycles. The first-order valence-corrected chi connectivity index (χ1v) is 9.40. The molecule has 2 heterocycles. The molecule has 130 valence electrons. The van der Waals surface area contributed by atoms with Crippen LogP contribution in [0.3, 0.4) is 0 Å². The molecule has 0 amide bonds. The van der Waals surface area contributed by atoms with E-state index in [-0.39, 0.29) is 0 Å². The number of fused-ring (bicyclic) bond motifs is 3. The van der Waals surface area contributed by atoms with E-state index in [1.54, 1.807) is 11.8 Å². The second-order valence-electron chi connectivity index (χ2n) is 7.02. The lowest BCUT2D eigenvalue weighted by Crippen LogP contribution is -2.53. The van der Waals surface area contributed by atoms with Crippen LogP contribution >= 0.6 is 11.8 Å². The highest BCUT2D eigenvalue weighted by atomic mass is 32.2. The minimum Gasteiger partial charge on any atom is -0.275 e. The van der Waals surface area contributed by atoms with Gasteiger partial charge < -0.3 is 0 Å². The van der Waals surface area contributed by atoms with Crippen LogP contribution in [0.2, 0.25) is 0 Å². The third-order valence-corrected chi connectivity index (χ3v) is 6.86. The van der Waals surface area contributed by atoms with Crippen molar-refractivity contribution < 1.29 is 13.2 Å². The second-order valence-corrected chi connectivity index (χ2v) is 8.01. The number of rotatable bonds is 2. The van der Waals surface area contributed by atoms with Gasteiger partial charge in [0.1, 0.15) is 0 Å². The van der Waals surface area contributed by atoms with Crippen molar-refractivity contribution in [3.8, 4) is 0 Å². The Morgan fingerprint density at radius 2 is 1.68 bits per heavy atom. The van der Waals surface area contributed by atoms with Crippen LogP contribution in [0.5, 0.6) is 0 Å². The Bertz CT molecular complexity index is 830. The van der Waals surface area contributed by atoms with Crippen LogP contribution < -0.4 is 0 Å². The standard InChI is InChI=1S/C20H18F3NS/c1-18-12-25-13-19(18,11-20(21,22)23)24-17(14-7-3-2-4-8-14)15-9-5-6-10-16(15)18/h2-10H,11-13H2,1H3. The van der Waals surface area contributed by atoms with Crippen molar-refractivity contribution in [3.63, 3.8) is 0 Å². The van der Waals surface area contributed by atoms with Gasteiger partial charge in [-0.3, -0.25) is 4.99 Å². The minimum absolute atomic E-state index is 0.397. The molecule has 0 saturated carbocycles. The lowest BCUT2D eigenvalue weighted by Gasteiger charge is -2.45. The Morgan fingerprint density at radius 3 is 2.40 bits per heavy atom. The summed E-state index contributed by atoms with van der Waals surface area (Å²) in [5.41, 5.74) is 1.74. The molecule has 2 aliphatic rings. The predicted molar refractivity (Wildman–Crippen MR) is 96.6 cm³/mol. The number of hydrogen-bond donors (Lipinski definition) is 0. The fraction of sp³-hybridized carbons (Fsp3) is 0.350. The van der Waals surface area contributed by atoms with Gasteiger partial charge in [-0.1, -0.05) is 61.5 Å². The van der Waals surface area contributed by atoms with E-state index in [1.807, 2.05) is 61.5 Å². The maximum atomic E-state index is 13.5. The third-order valence-electron chi connectivity index (χ3n) is 5.40. The van der Waals surface area contributed by atoms with Crippen LogP contribution in [0.4, 0.5) is 13.2 Å². The molecule has 0 N–H and O–H groups in total. The number of hydrogen-bond acceptors (Lipinski definition) is 2. The summed E-state index contributed by atoms with van der Waals surface area (Å²) in [6.45, 7) is 1.95. The summed E-state index contributed by atoms with van der Waals surface area (Å²) in [5, 5.41) is 0. The molecule has 2 aromatic carbocycles. The minimum atomic E-state index is -4.25. The molecule has 25 heavy (non-hydrogen) atoms. The number of aliphatic imine (C=N–C) groups is 1. The molecule has 5 heteroatoms. The molecule has 0 radical (unpaired) electrons. The van der Waals surface area contributed by atoms with Crippen molar-refractivity contribution in [3.05, 3.63) is 71.3 Å². The van der Waals surface area contributed by atoms with E-state index in [2.05, 4.69) is 0 Å². The normalized spacial score (nSPS) is 28.2. The summed E-state index contributed by atoms with van der Waals surface area (Å²) in [6, 6.07) is 17.3. The first kappa shape index (κ1) is 16.7. The van der Waals surface area contributed by atoms with Gasteiger partial charge in [0.25, 0.3) is 0 Å². The van der Waals surface area contributed by atoms with E-state index in [0.717, 1.165) is 16.7 Å². The maximum absolute atomic E-state index is 13.5. The molecule has 4 rings (SSSR count). The van der Waals surface area contributed by atoms with E-state index >= 15 is 0 Å². The monoisotopic (exact) mass is 361 g/mol. The summed E-state index contributed by atoms with van der Waals surface area (Å²) < 4.78 is 40.4. The molecule has 2 unspecified atom stereocenters. The van der Waals surface area contributed by atoms with Gasteiger partial charge in [-0.25, -0.2) is 0 Å². The van der Waals surface area contributed by atoms with Crippen LogP contribution in [-0.4, -0.2) is 28.9 Å². The quantitative estimate of drug-likeness (QED) is 0.713. The molecular weight excluding hydrogens is 343 g/mol. The van der Waals surface area contributed by atoms with Gasteiger partial charge in [-0.15, -0.1) is 0 Å². The van der Waals surface area contributed by atoms with Gasteiger partial charge in [0, 0.05) is 28.0 Å². The average Bonchev–Trinajstić information content (AvgIpc) is 2.90. The van der Waals surface area contributed by atoms with Crippen LogP contribution in [-0.2, 0) is 5.41 Å². The zero-order valence-electron chi connectivity index (χ0n) is 13.8. The summed E-state index contributed by atoms with van der Waals surface area (Å²) >= 11 is 1.57. The topological polar surface area (TPSA) is 12.4 Å². The van der Waals surface area contributed by atoms with Gasteiger partial charge in [0.05, 0.1) is 17.7 Å². The molecule has 0 spiro atoms. The highest BCUT2D eigenvalue weighted by Crippen LogP contribution is 2.56. The van der Waals surface area contributed by atoms with E-state index in [0.29, 0.717) is 17.2 Å². The molecule has 0 bridgehead atoms. The summed E-state index contributed by atoms with van der Waals surface area (Å²) in [7, 11) is 0. The smallest absolute Gasteiger partial charge is 0.275 e. The van der Waals surface area contributed by atoms with E-state index < -0.39 is 23.6 Å². The molecule has 1 fully saturated rings. The number of alkyl halides is 3. The van der Waals surface area contributed by atoms with Crippen molar-refractivity contribution in [2.45, 2.75) is 30.5 Å². The van der Waals surface area contributed by atoms with Gasteiger partial charge in [0.2, 0.25) is 0 Å². The Balaban J connectivity index is 1.98. The van der Waals surface area contributed by atoms with E-state index in [9.17, 15) is 13.2 Å². The first-order valence-electron chi connectivity index (χ1n) is 8.24. The Labute approximate surface area is 149 Å². The average molecular weight is 361 g/mol. The number of nitrogens with zero attached hydrogens (tertiary/aromatic N) is 1. The predicted octanol–water partition coefficient (Wildman–Crippen LogP) is 5.23. The van der Waals surface area contributed by atoms with Crippen molar-refractivity contribution in [2.24, 2.45) is 4.99 Å². The molecular formula is C20H18F3NS. The molecule has 1 nitrogen and oxygen atoms in total. The molecule has 1 saturated heterocycles. The Hall–Kier alpha value is -1.75. The van der Waals surface area contributed by atoms with Gasteiger partial charge in [-0.2, -0.15) is 24.9 Å². The first-order chi connectivity index (χ1) is 11.8. The van der Waals surface area contributed by atoms with E-state index in [4.69, 9.17) is 4.99 Å². The molecule has 0 aromatic heterocycles. The zero-order chi connectivity index (χ0) is 17.7. The largest absolute Gasteiger partial charge is 0.391 e. The number of benzene rings is 2. The van der Waals surface area contributed by atoms with Gasteiger partial charge in [0.15, 0.2) is 0 Å². The summed E-state index contributed by atoms with van der Waals surface area (Å²) in [6.07, 6.45) is -5.13. The van der Waals surface area contributed by atoms with Crippen LogP contribution in [0.1, 0.15) is 30.0 Å². The van der Waals surface area contributed by atoms with Gasteiger partial charge in [-0.05, 0) is 5.56 Å². The van der Waals surface area contributed by atoms with E-state index in [1.165, 1.54) is 0 Å². The van der Waals surface area contributed by atoms with Crippen LogP contribution in [0.25, 0.3) is 0 Å². The van der Waals surface area contributed by atoms with Crippen molar-refractivity contribution in [1.29, 1.82) is 0 Å². The fourth-order valence-electron chi connectivity index (χ4n) is 4.08. The SMILES string of the molecule is CC12CSCC1(CC(F)(F)F)N=C(c1ccccc1)c1ccccc12. The Morgan fingerprint density at radius 1 is 1.00 bits per heavy atom. The molecule has 2 aromatic rings. The molecule has 2 aliphatic heterocycles. The van der Waals surface area contributed by atoms with Crippen molar-refractivity contribution >= 4 is 17.5 Å². The molecule has 2 atom stereocenters. The lowest BCUT2D eigenvalue weighted by atomic mass is 9.63. The highest BCUT2D eigenvalue weighted by Gasteiger charge is 2.60. The number of thioether (sulfide) groups is 1. The fourth-order valence-corrected chi connectivity index (χ4v) is 5.84. The lowest BCUT2D eigenvalue weighted by molar-refractivity contribution is -0.149. The maximum Gasteiger partial charge on any atom is 0.391 e. The van der Waals surface area contributed by atoms with Crippen molar-refractivity contribution in [1.82, 2.24) is 0 Å². The number of halogens is 3. The van der Waals surface area contributed by atoms with Crippen molar-refractivity contribution in [2.75, 3.05) is 11.5 Å². The van der Waals surface area contributed by atoms with Crippen LogP contribution in [0.15, 0.2) is 59.6 Å². The Kier molecular flexibility index (Phi) is 3.76. The van der Waals surface area contributed by atoms with Crippen LogP contribution in [0, 0.1) is 0 Å². The summed E-state index contributed by atoms with van der Waals surface area (Å²) in [4.78, 5) is 4.82.